The van der Waals surface area contributed by atoms with Crippen LogP contribution in [0.2, 0.25) is 0 Å². The quantitative estimate of drug-likeness (QED) is 0.518. The number of nitrogens with two attached hydrogens (primary N) is 1. The molecule has 1 aromatic heterocycles. The van der Waals surface area contributed by atoms with Gasteiger partial charge in [0, 0.05) is 31.7 Å². The van der Waals surface area contributed by atoms with Gasteiger partial charge < -0.3 is 15.4 Å². The highest BCUT2D eigenvalue weighted by molar-refractivity contribution is 5.87. The molecule has 0 bridgehead atoms. The summed E-state index contributed by atoms with van der Waals surface area (Å²) in [5, 5.41) is 7.20. The van der Waals surface area contributed by atoms with E-state index in [9.17, 15) is 4.79 Å². The fraction of sp³-hybridized carbons (Fsp3) is 0.429. The molecule has 1 aliphatic heterocycles. The number of urea groups is 1. The van der Waals surface area contributed by atoms with Crippen LogP contribution >= 0.6 is 0 Å². The number of anilines is 1. The molecule has 2 amide bonds. The van der Waals surface area contributed by atoms with Crippen LogP contribution in [0.1, 0.15) is 49.9 Å². The van der Waals surface area contributed by atoms with E-state index in [1.165, 1.54) is 30.6 Å². The number of nitrogens with one attached hydrogen (secondary N) is 1. The molecule has 4 rings (SSSR count). The molecule has 2 aromatic carbocycles. The molecule has 0 radical (unpaired) electrons. The van der Waals surface area contributed by atoms with E-state index in [0.717, 1.165) is 30.5 Å². The number of methoxy groups -OCH3 is 1. The highest BCUT2D eigenvalue weighted by Crippen LogP contribution is 2.27. The number of aromatic nitrogens is 2. The molecule has 1 unspecified atom stereocenters. The van der Waals surface area contributed by atoms with E-state index in [0.29, 0.717) is 5.82 Å². The lowest BCUT2D eigenvalue weighted by atomic mass is 9.92. The second kappa shape index (κ2) is 12.0. The number of aryl methyl sites for hydroxylation is 1. The maximum absolute atomic E-state index is 11.1. The number of carbonyl (C=O) groups excluding carboxylic acids is 1. The Morgan fingerprint density at radius 2 is 1.83 bits per heavy atom. The zero-order valence-corrected chi connectivity index (χ0v) is 21.6. The van der Waals surface area contributed by atoms with Crippen LogP contribution in [0, 0.1) is 6.92 Å². The van der Waals surface area contributed by atoms with Crippen LogP contribution in [0.4, 0.5) is 10.6 Å². The summed E-state index contributed by atoms with van der Waals surface area (Å²) in [7, 11) is 1.77. The predicted octanol–water partition coefficient (Wildman–Crippen LogP) is 5.09. The van der Waals surface area contributed by atoms with E-state index in [1.54, 1.807) is 11.8 Å². The predicted molar refractivity (Wildman–Crippen MR) is 142 cm³/mol. The molecule has 1 aliphatic rings. The summed E-state index contributed by atoms with van der Waals surface area (Å²) in [5.41, 5.74) is 9.54. The molecule has 3 N–H and O–H groups in total. The molecule has 1 saturated heterocycles. The molecule has 3 aromatic rings. The van der Waals surface area contributed by atoms with Gasteiger partial charge >= 0.3 is 6.03 Å². The molecule has 0 aliphatic carbocycles. The summed E-state index contributed by atoms with van der Waals surface area (Å²) in [6, 6.07) is 20.0. The van der Waals surface area contributed by atoms with Crippen LogP contribution in [-0.2, 0) is 10.2 Å². The number of nitrogens with zero attached hydrogens (tertiary/aromatic N) is 3. The zero-order chi connectivity index (χ0) is 25.4. The molecule has 0 spiro atoms. The van der Waals surface area contributed by atoms with E-state index < -0.39 is 6.03 Å². The molecule has 2 heterocycles. The van der Waals surface area contributed by atoms with Gasteiger partial charge in [0.1, 0.15) is 5.82 Å². The van der Waals surface area contributed by atoms with Crippen LogP contribution in [0.3, 0.4) is 0 Å². The summed E-state index contributed by atoms with van der Waals surface area (Å²) < 4.78 is 6.80. The Morgan fingerprint density at radius 3 is 2.43 bits per heavy atom. The van der Waals surface area contributed by atoms with Crippen molar-refractivity contribution < 1.29 is 9.53 Å². The van der Waals surface area contributed by atoms with Gasteiger partial charge in [0.05, 0.1) is 18.0 Å². The van der Waals surface area contributed by atoms with Crippen molar-refractivity contribution in [2.75, 3.05) is 38.7 Å². The molecule has 35 heavy (non-hydrogen) atoms. The molecule has 7 nitrogen and oxygen atoms in total. The van der Waals surface area contributed by atoms with Gasteiger partial charge in [-0.15, -0.1) is 0 Å². The van der Waals surface area contributed by atoms with E-state index in [4.69, 9.17) is 10.5 Å². The number of ether oxygens (including phenoxy) is 1. The first-order valence-electron chi connectivity index (χ1n) is 12.2. The fourth-order valence-corrected chi connectivity index (χ4v) is 4.10. The van der Waals surface area contributed by atoms with E-state index >= 15 is 0 Å². The van der Waals surface area contributed by atoms with Gasteiger partial charge in [0.25, 0.3) is 0 Å². The van der Waals surface area contributed by atoms with Crippen LogP contribution in [0.25, 0.3) is 5.69 Å². The second-order valence-electron chi connectivity index (χ2n) is 10.1. The molecule has 188 valence electrons. The normalized spacial score (nSPS) is 16.0. The van der Waals surface area contributed by atoms with Crippen molar-refractivity contribution in [3.63, 3.8) is 0 Å². The topological polar surface area (TPSA) is 85.4 Å². The van der Waals surface area contributed by atoms with Crippen molar-refractivity contribution in [3.8, 4) is 5.69 Å². The van der Waals surface area contributed by atoms with Crippen LogP contribution in [-0.4, -0.2) is 54.1 Å². The van der Waals surface area contributed by atoms with Gasteiger partial charge in [-0.25, -0.2) is 9.48 Å². The molecule has 7 heteroatoms. The number of amides is 2. The van der Waals surface area contributed by atoms with Gasteiger partial charge in [0.15, 0.2) is 0 Å². The maximum atomic E-state index is 11.1. The van der Waals surface area contributed by atoms with E-state index in [-0.39, 0.29) is 5.41 Å². The number of benzene rings is 2. The van der Waals surface area contributed by atoms with Crippen molar-refractivity contribution in [2.45, 2.75) is 45.4 Å². The van der Waals surface area contributed by atoms with Gasteiger partial charge in [-0.1, -0.05) is 68.8 Å². The fourth-order valence-electron chi connectivity index (χ4n) is 4.10. The Labute approximate surface area is 209 Å². The van der Waals surface area contributed by atoms with Gasteiger partial charge in [0.2, 0.25) is 0 Å². The third kappa shape index (κ3) is 7.67. The lowest BCUT2D eigenvalue weighted by Gasteiger charge is -2.15. The van der Waals surface area contributed by atoms with Crippen molar-refractivity contribution >= 4 is 11.8 Å². The maximum Gasteiger partial charge on any atom is 0.317 e. The van der Waals surface area contributed by atoms with Gasteiger partial charge in [-0.2, -0.15) is 5.10 Å². The van der Waals surface area contributed by atoms with Crippen molar-refractivity contribution in [2.24, 2.45) is 5.73 Å². The van der Waals surface area contributed by atoms with Gasteiger partial charge in [-0.3, -0.25) is 5.32 Å². The second-order valence-corrected chi connectivity index (χ2v) is 10.1. The SMILES string of the molecule is COCCN1CCC(c2ccccc2)C1.Cc1ccc(-n2nc(C(C)(C)C)cc2NC(N)=O)cc1. The Morgan fingerprint density at radius 1 is 1.14 bits per heavy atom. The average Bonchev–Trinajstić information content (AvgIpc) is 3.46. The Balaban J connectivity index is 0.000000203. The molecule has 1 atom stereocenters. The highest BCUT2D eigenvalue weighted by Gasteiger charge is 2.23. The number of carbonyl (C=O) groups is 1. The number of hydrogen-bond donors (Lipinski definition) is 2. The third-order valence-corrected chi connectivity index (χ3v) is 6.16. The molecular weight excluding hydrogens is 438 g/mol. The molecular formula is C28H39N5O2. The van der Waals surface area contributed by atoms with Crippen molar-refractivity contribution in [1.82, 2.24) is 14.7 Å². The van der Waals surface area contributed by atoms with E-state index in [2.05, 4.69) is 66.4 Å². The summed E-state index contributed by atoms with van der Waals surface area (Å²) in [6.45, 7) is 12.6. The van der Waals surface area contributed by atoms with Crippen molar-refractivity contribution in [3.05, 3.63) is 77.5 Å². The number of primary amides is 1. The van der Waals surface area contributed by atoms with E-state index in [1.807, 2.05) is 37.3 Å². The Hall–Kier alpha value is -3.16. The number of hydrogen-bond acceptors (Lipinski definition) is 4. The smallest absolute Gasteiger partial charge is 0.317 e. The summed E-state index contributed by atoms with van der Waals surface area (Å²) in [6.07, 6.45) is 1.29. The highest BCUT2D eigenvalue weighted by atomic mass is 16.5. The lowest BCUT2D eigenvalue weighted by Crippen LogP contribution is -2.24. The Kier molecular flexibility index (Phi) is 9.07. The summed E-state index contributed by atoms with van der Waals surface area (Å²) in [4.78, 5) is 13.6. The third-order valence-electron chi connectivity index (χ3n) is 6.16. The molecule has 1 fully saturated rings. The van der Waals surface area contributed by atoms with Crippen molar-refractivity contribution in [1.29, 1.82) is 0 Å². The summed E-state index contributed by atoms with van der Waals surface area (Å²) in [5.74, 6) is 1.30. The Bertz CT molecular complexity index is 1070. The summed E-state index contributed by atoms with van der Waals surface area (Å²) >= 11 is 0. The van der Waals surface area contributed by atoms with Crippen LogP contribution in [0.15, 0.2) is 60.7 Å². The van der Waals surface area contributed by atoms with Crippen LogP contribution in [0.5, 0.6) is 0 Å². The van der Waals surface area contributed by atoms with Crippen LogP contribution < -0.4 is 11.1 Å². The standard InChI is InChI=1S/C15H20N4O.C13H19NO/c1-10-5-7-11(8-6-10)19-13(17-14(16)20)9-12(18-19)15(2,3)4;1-15-10-9-14-8-7-13(11-14)12-5-3-2-4-6-12/h5-9H,1-4H3,(H3,16,17,20);2-6,13H,7-11H2,1H3. The first kappa shape index (κ1) is 26.4. The minimum absolute atomic E-state index is 0.107. The largest absolute Gasteiger partial charge is 0.383 e. The average molecular weight is 478 g/mol. The number of likely N-dealkylation sites (tertiary alicyclic amines) is 1. The minimum atomic E-state index is -0.598. The zero-order valence-electron chi connectivity index (χ0n) is 21.6. The first-order valence-corrected chi connectivity index (χ1v) is 12.2. The van der Waals surface area contributed by atoms with Gasteiger partial charge in [-0.05, 0) is 43.5 Å². The monoisotopic (exact) mass is 477 g/mol. The molecule has 0 saturated carbocycles. The minimum Gasteiger partial charge on any atom is -0.383 e. The first-order chi connectivity index (χ1) is 16.7. The lowest BCUT2D eigenvalue weighted by molar-refractivity contribution is 0.160. The number of rotatable bonds is 6.